The molecule has 0 bridgehead atoms. The highest BCUT2D eigenvalue weighted by atomic mass is 16.5. The van der Waals surface area contributed by atoms with E-state index in [1.54, 1.807) is 32.7 Å². The van der Waals surface area contributed by atoms with Gasteiger partial charge in [0.1, 0.15) is 17.3 Å². The van der Waals surface area contributed by atoms with Gasteiger partial charge in [0.15, 0.2) is 0 Å². The molecule has 4 aromatic heterocycles. The molecule has 1 aliphatic carbocycles. The second-order valence-electron chi connectivity index (χ2n) is 7.71. The molecule has 162 valence electrons. The van der Waals surface area contributed by atoms with Crippen LogP contribution in [0.4, 0.5) is 0 Å². The number of tetrazole rings is 1. The van der Waals surface area contributed by atoms with E-state index in [0.29, 0.717) is 41.7 Å². The van der Waals surface area contributed by atoms with E-state index >= 15 is 0 Å². The van der Waals surface area contributed by atoms with Gasteiger partial charge < -0.3 is 9.47 Å². The lowest BCUT2D eigenvalue weighted by Crippen LogP contribution is -2.06. The Morgan fingerprint density at radius 3 is 2.66 bits per heavy atom. The summed E-state index contributed by atoms with van der Waals surface area (Å²) in [4.78, 5) is 19.2. The van der Waals surface area contributed by atoms with Crippen LogP contribution in [-0.2, 0) is 7.05 Å². The SMILES string of the molecule is COc1ccc([C@@H]2C[C@H]2COc2nc(C)ncc2-c2ccc(-c3nnn(C)n3)nc2)nc1. The highest BCUT2D eigenvalue weighted by Gasteiger charge is 2.40. The molecule has 5 rings (SSSR count). The summed E-state index contributed by atoms with van der Waals surface area (Å²) in [5, 5.41) is 12.0. The minimum absolute atomic E-state index is 0.396. The second kappa shape index (κ2) is 8.29. The summed E-state index contributed by atoms with van der Waals surface area (Å²) < 4.78 is 11.3. The predicted molar refractivity (Wildman–Crippen MR) is 115 cm³/mol. The van der Waals surface area contributed by atoms with E-state index in [1.165, 1.54) is 4.80 Å². The Morgan fingerprint density at radius 1 is 1.06 bits per heavy atom. The van der Waals surface area contributed by atoms with E-state index in [-0.39, 0.29) is 0 Å². The summed E-state index contributed by atoms with van der Waals surface area (Å²) in [5.74, 6) is 3.25. The van der Waals surface area contributed by atoms with E-state index < -0.39 is 0 Å². The summed E-state index contributed by atoms with van der Waals surface area (Å²) in [6.07, 6.45) is 6.31. The van der Waals surface area contributed by atoms with Crippen LogP contribution in [0.1, 0.15) is 23.9 Å². The molecule has 0 saturated heterocycles. The molecule has 0 radical (unpaired) electrons. The van der Waals surface area contributed by atoms with Gasteiger partial charge in [-0.15, -0.1) is 10.2 Å². The predicted octanol–water partition coefficient (Wildman–Crippen LogP) is 2.62. The first-order valence-corrected chi connectivity index (χ1v) is 10.3. The van der Waals surface area contributed by atoms with Crippen LogP contribution in [0.25, 0.3) is 22.6 Å². The minimum atomic E-state index is 0.396. The first-order valence-electron chi connectivity index (χ1n) is 10.3. The van der Waals surface area contributed by atoms with Gasteiger partial charge in [0.25, 0.3) is 0 Å². The number of pyridine rings is 2. The van der Waals surface area contributed by atoms with Gasteiger partial charge in [-0.05, 0) is 36.8 Å². The van der Waals surface area contributed by atoms with Crippen molar-refractivity contribution in [2.45, 2.75) is 19.3 Å². The van der Waals surface area contributed by atoms with Gasteiger partial charge in [0.2, 0.25) is 11.7 Å². The lowest BCUT2D eigenvalue weighted by Gasteiger charge is -2.11. The van der Waals surface area contributed by atoms with Crippen LogP contribution in [0.3, 0.4) is 0 Å². The molecule has 10 heteroatoms. The number of methoxy groups -OCH3 is 1. The van der Waals surface area contributed by atoms with Gasteiger partial charge in [-0.2, -0.15) is 9.78 Å². The third-order valence-electron chi connectivity index (χ3n) is 5.42. The fourth-order valence-corrected chi connectivity index (χ4v) is 3.54. The molecule has 1 aliphatic rings. The van der Waals surface area contributed by atoms with Gasteiger partial charge in [-0.1, -0.05) is 6.07 Å². The molecule has 0 aliphatic heterocycles. The third-order valence-corrected chi connectivity index (χ3v) is 5.42. The lowest BCUT2D eigenvalue weighted by atomic mass is 10.1. The average Bonchev–Trinajstić information content (AvgIpc) is 3.48. The summed E-state index contributed by atoms with van der Waals surface area (Å²) in [6, 6.07) is 7.74. The van der Waals surface area contributed by atoms with Gasteiger partial charge >= 0.3 is 0 Å². The van der Waals surface area contributed by atoms with Crippen LogP contribution in [0, 0.1) is 12.8 Å². The molecule has 2 atom stereocenters. The van der Waals surface area contributed by atoms with Crippen LogP contribution < -0.4 is 9.47 Å². The maximum absolute atomic E-state index is 6.14. The molecular formula is C22H22N8O2. The molecule has 0 unspecified atom stereocenters. The summed E-state index contributed by atoms with van der Waals surface area (Å²) >= 11 is 0. The number of aryl methyl sites for hydroxylation is 2. The number of aromatic nitrogens is 8. The maximum atomic E-state index is 6.14. The van der Waals surface area contributed by atoms with E-state index in [2.05, 4.69) is 35.3 Å². The Kier molecular flexibility index (Phi) is 5.18. The van der Waals surface area contributed by atoms with E-state index in [0.717, 1.165) is 29.0 Å². The van der Waals surface area contributed by atoms with Crippen molar-refractivity contribution < 1.29 is 9.47 Å². The first kappa shape index (κ1) is 20.0. The van der Waals surface area contributed by atoms with Gasteiger partial charge in [0.05, 0.1) is 32.5 Å². The van der Waals surface area contributed by atoms with Gasteiger partial charge in [0, 0.05) is 35.5 Å². The highest BCUT2D eigenvalue weighted by Crippen LogP contribution is 2.47. The quantitative estimate of drug-likeness (QED) is 0.436. The van der Waals surface area contributed by atoms with Crippen molar-refractivity contribution >= 4 is 0 Å². The normalized spacial score (nSPS) is 17.2. The zero-order chi connectivity index (χ0) is 22.1. The first-order chi connectivity index (χ1) is 15.6. The largest absolute Gasteiger partial charge is 0.495 e. The standard InChI is InChI=1S/C22H22N8O2/c1-13-23-11-18(14-4-6-20(24-9-14)21-27-29-30(2)28-21)22(26-13)32-12-15-8-17(15)19-7-5-16(31-3)10-25-19/h4-7,9-11,15,17H,8,12H2,1-3H3/t15-,17+/m0/s1. The number of nitrogens with zero attached hydrogens (tertiary/aromatic N) is 8. The molecule has 1 saturated carbocycles. The Labute approximate surface area is 184 Å². The molecular weight excluding hydrogens is 408 g/mol. The van der Waals surface area contributed by atoms with Crippen molar-refractivity contribution in [2.24, 2.45) is 13.0 Å². The zero-order valence-corrected chi connectivity index (χ0v) is 18.0. The highest BCUT2D eigenvalue weighted by molar-refractivity contribution is 5.68. The smallest absolute Gasteiger partial charge is 0.224 e. The van der Waals surface area contributed by atoms with Crippen LogP contribution in [-0.4, -0.2) is 53.9 Å². The van der Waals surface area contributed by atoms with Gasteiger partial charge in [-0.25, -0.2) is 4.98 Å². The molecule has 0 aromatic carbocycles. The lowest BCUT2D eigenvalue weighted by molar-refractivity contribution is 0.285. The Morgan fingerprint density at radius 2 is 1.97 bits per heavy atom. The number of rotatable bonds is 7. The molecule has 10 nitrogen and oxygen atoms in total. The van der Waals surface area contributed by atoms with Crippen LogP contribution in [0.2, 0.25) is 0 Å². The maximum Gasteiger partial charge on any atom is 0.224 e. The molecule has 0 N–H and O–H groups in total. The third kappa shape index (κ3) is 4.11. The summed E-state index contributed by atoms with van der Waals surface area (Å²) in [5.41, 5.74) is 3.36. The molecule has 1 fully saturated rings. The van der Waals surface area contributed by atoms with Crippen LogP contribution >= 0.6 is 0 Å². The second-order valence-corrected chi connectivity index (χ2v) is 7.71. The van der Waals surface area contributed by atoms with Crippen molar-refractivity contribution in [2.75, 3.05) is 13.7 Å². The van der Waals surface area contributed by atoms with E-state index in [1.807, 2.05) is 31.2 Å². The Hall–Kier alpha value is -3.95. The monoisotopic (exact) mass is 430 g/mol. The van der Waals surface area contributed by atoms with E-state index in [4.69, 9.17) is 9.47 Å². The molecule has 4 aromatic rings. The summed E-state index contributed by atoms with van der Waals surface area (Å²) in [7, 11) is 3.36. The molecule has 0 amide bonds. The summed E-state index contributed by atoms with van der Waals surface area (Å²) in [6.45, 7) is 2.41. The fourth-order valence-electron chi connectivity index (χ4n) is 3.54. The average molecular weight is 430 g/mol. The Bertz CT molecular complexity index is 1220. The van der Waals surface area contributed by atoms with Crippen molar-refractivity contribution in [3.05, 3.63) is 54.4 Å². The van der Waals surface area contributed by atoms with Crippen LogP contribution in [0.5, 0.6) is 11.6 Å². The fraction of sp³-hybridized carbons (Fsp3) is 0.318. The van der Waals surface area contributed by atoms with Crippen molar-refractivity contribution in [3.63, 3.8) is 0 Å². The van der Waals surface area contributed by atoms with Crippen molar-refractivity contribution in [1.29, 1.82) is 0 Å². The van der Waals surface area contributed by atoms with Crippen LogP contribution in [0.15, 0.2) is 42.9 Å². The van der Waals surface area contributed by atoms with Crippen molar-refractivity contribution in [3.8, 4) is 34.3 Å². The van der Waals surface area contributed by atoms with Gasteiger partial charge in [-0.3, -0.25) is 9.97 Å². The molecule has 32 heavy (non-hydrogen) atoms. The van der Waals surface area contributed by atoms with E-state index in [9.17, 15) is 0 Å². The number of ether oxygens (including phenoxy) is 2. The number of hydrogen-bond acceptors (Lipinski definition) is 9. The topological polar surface area (TPSA) is 114 Å². The minimum Gasteiger partial charge on any atom is -0.495 e. The Balaban J connectivity index is 1.29. The molecule has 4 heterocycles. The van der Waals surface area contributed by atoms with Crippen molar-refractivity contribution in [1.82, 2.24) is 40.1 Å². The molecule has 0 spiro atoms. The zero-order valence-electron chi connectivity index (χ0n) is 18.0. The number of hydrogen-bond donors (Lipinski definition) is 0.